The number of nitrogens with zero attached hydrogens (tertiary/aromatic N) is 2. The van der Waals surface area contributed by atoms with E-state index < -0.39 is 5.97 Å². The van der Waals surface area contributed by atoms with Crippen molar-refractivity contribution in [2.24, 2.45) is 0 Å². The van der Waals surface area contributed by atoms with Gasteiger partial charge in [-0.05, 0) is 42.0 Å². The van der Waals surface area contributed by atoms with Crippen LogP contribution >= 0.6 is 0 Å². The molecular weight excluding hydrogens is 252 g/mol. The summed E-state index contributed by atoms with van der Waals surface area (Å²) in [6.07, 6.45) is 1.73. The minimum absolute atomic E-state index is 0.289. The lowest BCUT2D eigenvalue weighted by Gasteiger charge is -2.04. The van der Waals surface area contributed by atoms with E-state index in [1.807, 2.05) is 31.2 Å². The van der Waals surface area contributed by atoms with Crippen molar-refractivity contribution < 1.29 is 9.90 Å². The summed E-state index contributed by atoms with van der Waals surface area (Å²) in [7, 11) is 0. The molecule has 0 aliphatic carbocycles. The summed E-state index contributed by atoms with van der Waals surface area (Å²) in [5.41, 5.74) is 2.12. The molecule has 4 nitrogen and oxygen atoms in total. The van der Waals surface area contributed by atoms with E-state index in [4.69, 9.17) is 5.11 Å². The molecule has 0 saturated heterocycles. The fourth-order valence-corrected chi connectivity index (χ4v) is 2.11. The van der Waals surface area contributed by atoms with Crippen molar-refractivity contribution >= 4 is 16.7 Å². The van der Waals surface area contributed by atoms with E-state index in [0.717, 1.165) is 22.0 Å². The molecule has 98 valence electrons. The molecule has 20 heavy (non-hydrogen) atoms. The van der Waals surface area contributed by atoms with E-state index in [0.29, 0.717) is 5.82 Å². The zero-order valence-corrected chi connectivity index (χ0v) is 10.9. The molecule has 0 aliphatic rings. The van der Waals surface area contributed by atoms with Crippen LogP contribution in [-0.2, 0) is 0 Å². The molecule has 3 aromatic rings. The maximum Gasteiger partial charge on any atom is 0.335 e. The first kappa shape index (κ1) is 12.3. The Morgan fingerprint density at radius 1 is 1.05 bits per heavy atom. The summed E-state index contributed by atoms with van der Waals surface area (Å²) >= 11 is 0. The van der Waals surface area contributed by atoms with Crippen LogP contribution in [0, 0.1) is 6.92 Å². The first-order chi connectivity index (χ1) is 9.63. The zero-order chi connectivity index (χ0) is 14.1. The van der Waals surface area contributed by atoms with Crippen LogP contribution in [0.2, 0.25) is 0 Å². The van der Waals surface area contributed by atoms with Crippen molar-refractivity contribution in [2.45, 2.75) is 6.92 Å². The number of carboxylic acid groups (broad SMARTS) is 1. The number of rotatable bonds is 2. The van der Waals surface area contributed by atoms with Gasteiger partial charge in [-0.15, -0.1) is 0 Å². The molecule has 0 saturated carbocycles. The van der Waals surface area contributed by atoms with Gasteiger partial charge in [-0.1, -0.05) is 18.2 Å². The summed E-state index contributed by atoms with van der Waals surface area (Å²) in [6.45, 7) is 1.92. The number of carbonyl (C=O) groups is 1. The average molecular weight is 264 g/mol. The van der Waals surface area contributed by atoms with Gasteiger partial charge in [0.1, 0.15) is 0 Å². The number of aromatic carboxylic acids is 1. The van der Waals surface area contributed by atoms with Crippen molar-refractivity contribution in [3.05, 3.63) is 59.9 Å². The molecule has 0 atom stereocenters. The lowest BCUT2D eigenvalue weighted by Crippen LogP contribution is -1.95. The highest BCUT2D eigenvalue weighted by molar-refractivity contribution is 5.95. The number of aryl methyl sites for hydroxylation is 1. The second kappa shape index (κ2) is 4.74. The third-order valence-corrected chi connectivity index (χ3v) is 3.14. The monoisotopic (exact) mass is 264 g/mol. The van der Waals surface area contributed by atoms with Crippen LogP contribution < -0.4 is 0 Å². The Kier molecular flexibility index (Phi) is 2.91. The minimum atomic E-state index is -0.919. The molecular formula is C16H12N2O2. The van der Waals surface area contributed by atoms with E-state index in [2.05, 4.69) is 9.97 Å². The molecule has 2 aromatic carbocycles. The predicted molar refractivity (Wildman–Crippen MR) is 76.7 cm³/mol. The summed E-state index contributed by atoms with van der Waals surface area (Å²) < 4.78 is 0. The van der Waals surface area contributed by atoms with Gasteiger partial charge in [-0.25, -0.2) is 14.8 Å². The first-order valence-electron chi connectivity index (χ1n) is 6.20. The van der Waals surface area contributed by atoms with Crippen LogP contribution in [0.1, 0.15) is 16.1 Å². The van der Waals surface area contributed by atoms with Crippen molar-refractivity contribution in [3.8, 4) is 11.4 Å². The first-order valence-corrected chi connectivity index (χ1v) is 6.20. The standard InChI is InChI=1S/C16H12N2O2/c1-10-6-7-17-15(18-10)13-4-2-12-9-14(16(19)20)5-3-11(12)8-13/h2-9H,1H3,(H,19,20). The van der Waals surface area contributed by atoms with Gasteiger partial charge in [0.05, 0.1) is 5.56 Å². The van der Waals surface area contributed by atoms with Gasteiger partial charge in [0.25, 0.3) is 0 Å². The van der Waals surface area contributed by atoms with E-state index in [1.54, 1.807) is 24.4 Å². The number of fused-ring (bicyclic) bond motifs is 1. The highest BCUT2D eigenvalue weighted by Gasteiger charge is 2.06. The quantitative estimate of drug-likeness (QED) is 0.771. The second-order valence-corrected chi connectivity index (χ2v) is 4.60. The van der Waals surface area contributed by atoms with Gasteiger partial charge in [-0.3, -0.25) is 0 Å². The van der Waals surface area contributed by atoms with Gasteiger partial charge < -0.3 is 5.11 Å². The highest BCUT2D eigenvalue weighted by atomic mass is 16.4. The van der Waals surface area contributed by atoms with Crippen LogP contribution in [0.4, 0.5) is 0 Å². The molecule has 4 heteroatoms. The lowest BCUT2D eigenvalue weighted by atomic mass is 10.0. The zero-order valence-electron chi connectivity index (χ0n) is 10.9. The smallest absolute Gasteiger partial charge is 0.335 e. The van der Waals surface area contributed by atoms with Crippen molar-refractivity contribution in [3.63, 3.8) is 0 Å². The number of benzene rings is 2. The predicted octanol–water partition coefficient (Wildman–Crippen LogP) is 3.30. The number of hydrogen-bond acceptors (Lipinski definition) is 3. The van der Waals surface area contributed by atoms with Crippen molar-refractivity contribution in [1.82, 2.24) is 9.97 Å². The molecule has 0 bridgehead atoms. The number of hydrogen-bond donors (Lipinski definition) is 1. The van der Waals surface area contributed by atoms with Gasteiger partial charge in [0, 0.05) is 17.5 Å². The summed E-state index contributed by atoms with van der Waals surface area (Å²) in [5.74, 6) is -0.243. The van der Waals surface area contributed by atoms with Crippen LogP contribution in [0.5, 0.6) is 0 Å². The van der Waals surface area contributed by atoms with Gasteiger partial charge in [-0.2, -0.15) is 0 Å². The van der Waals surface area contributed by atoms with E-state index >= 15 is 0 Å². The average Bonchev–Trinajstić information content (AvgIpc) is 2.46. The van der Waals surface area contributed by atoms with Gasteiger partial charge in [0.2, 0.25) is 0 Å². The normalized spacial score (nSPS) is 10.7. The lowest BCUT2D eigenvalue weighted by molar-refractivity contribution is 0.0697. The molecule has 1 N–H and O–H groups in total. The molecule has 0 radical (unpaired) electrons. The fraction of sp³-hybridized carbons (Fsp3) is 0.0625. The van der Waals surface area contributed by atoms with Crippen LogP contribution in [0.15, 0.2) is 48.7 Å². The Morgan fingerprint density at radius 3 is 2.55 bits per heavy atom. The molecule has 3 rings (SSSR count). The SMILES string of the molecule is Cc1ccnc(-c2ccc3cc(C(=O)O)ccc3c2)n1. The molecule has 0 aliphatic heterocycles. The van der Waals surface area contributed by atoms with Crippen LogP contribution in [0.25, 0.3) is 22.2 Å². The second-order valence-electron chi connectivity index (χ2n) is 4.60. The molecule has 0 amide bonds. The molecule has 1 heterocycles. The van der Waals surface area contributed by atoms with E-state index in [-0.39, 0.29) is 5.56 Å². The Hall–Kier alpha value is -2.75. The van der Waals surface area contributed by atoms with E-state index in [1.165, 1.54) is 0 Å². The van der Waals surface area contributed by atoms with Crippen molar-refractivity contribution in [1.29, 1.82) is 0 Å². The largest absolute Gasteiger partial charge is 0.478 e. The summed E-state index contributed by atoms with van der Waals surface area (Å²) in [6, 6.07) is 12.7. The summed E-state index contributed by atoms with van der Waals surface area (Å²) in [4.78, 5) is 19.6. The topological polar surface area (TPSA) is 63.1 Å². The van der Waals surface area contributed by atoms with E-state index in [9.17, 15) is 4.79 Å². The maximum absolute atomic E-state index is 11.0. The highest BCUT2D eigenvalue weighted by Crippen LogP contribution is 2.23. The van der Waals surface area contributed by atoms with Gasteiger partial charge >= 0.3 is 5.97 Å². The third kappa shape index (κ3) is 2.23. The molecule has 0 unspecified atom stereocenters. The Labute approximate surface area is 115 Å². The molecule has 1 aromatic heterocycles. The Morgan fingerprint density at radius 2 is 1.80 bits per heavy atom. The number of aromatic nitrogens is 2. The summed E-state index contributed by atoms with van der Waals surface area (Å²) in [5, 5.41) is 10.8. The Balaban J connectivity index is 2.12. The van der Waals surface area contributed by atoms with Crippen LogP contribution in [0.3, 0.4) is 0 Å². The molecule has 0 spiro atoms. The minimum Gasteiger partial charge on any atom is -0.478 e. The number of carboxylic acids is 1. The fourth-order valence-electron chi connectivity index (χ4n) is 2.11. The molecule has 0 fully saturated rings. The van der Waals surface area contributed by atoms with Crippen LogP contribution in [-0.4, -0.2) is 21.0 Å². The third-order valence-electron chi connectivity index (χ3n) is 3.14. The van der Waals surface area contributed by atoms with Gasteiger partial charge in [0.15, 0.2) is 5.82 Å². The van der Waals surface area contributed by atoms with Crippen molar-refractivity contribution in [2.75, 3.05) is 0 Å². The Bertz CT molecular complexity index is 812. The maximum atomic E-state index is 11.0.